The lowest BCUT2D eigenvalue weighted by Crippen LogP contribution is -2.46. The molecule has 0 spiro atoms. The molecular formula is C38H60O17. The van der Waals surface area contributed by atoms with Crippen molar-refractivity contribution in [3.63, 3.8) is 0 Å². The van der Waals surface area contributed by atoms with E-state index in [0.717, 1.165) is 0 Å². The smallest absolute Gasteiger partial charge is 0.333 e. The van der Waals surface area contributed by atoms with Crippen LogP contribution in [0.3, 0.4) is 0 Å². The van der Waals surface area contributed by atoms with Crippen LogP contribution in [0.5, 0.6) is 0 Å². The SMILES string of the molecule is C=C(C)C(=O)OCCOCC(CO)(COCCOC(C)=O)COCC(COCCOC(=O)C(=C)C)(COCCOC(=O)C(=C)C)COCCOC(=O)C(=C)C. The predicted octanol–water partition coefficient (Wildman–Crippen LogP) is 2.09. The average molecular weight is 789 g/mol. The van der Waals surface area contributed by atoms with Crippen molar-refractivity contribution in [1.82, 2.24) is 0 Å². The lowest BCUT2D eigenvalue weighted by molar-refractivity contribution is -0.154. The molecule has 0 aromatic heterocycles. The third-order valence-electron chi connectivity index (χ3n) is 6.96. The summed E-state index contributed by atoms with van der Waals surface area (Å²) in [4.78, 5) is 58.5. The van der Waals surface area contributed by atoms with Crippen LogP contribution in [0, 0.1) is 10.8 Å². The molecule has 1 atom stereocenters. The Bertz CT molecular complexity index is 1170. The monoisotopic (exact) mass is 788 g/mol. The summed E-state index contributed by atoms with van der Waals surface area (Å²) < 4.78 is 60.8. The highest BCUT2D eigenvalue weighted by Crippen LogP contribution is 2.25. The van der Waals surface area contributed by atoms with Crippen LogP contribution in [0.2, 0.25) is 0 Å². The number of rotatable bonds is 34. The van der Waals surface area contributed by atoms with Gasteiger partial charge in [-0.3, -0.25) is 4.79 Å². The minimum absolute atomic E-state index is 0.00443. The maximum Gasteiger partial charge on any atom is 0.333 e. The molecular weight excluding hydrogens is 728 g/mol. The molecule has 0 amide bonds. The first-order chi connectivity index (χ1) is 26.0. The Balaban J connectivity index is 6.06. The molecule has 55 heavy (non-hydrogen) atoms. The van der Waals surface area contributed by atoms with Gasteiger partial charge in [0.2, 0.25) is 0 Å². The topological polar surface area (TPSA) is 207 Å². The van der Waals surface area contributed by atoms with E-state index < -0.39 is 47.3 Å². The molecule has 0 heterocycles. The predicted molar refractivity (Wildman–Crippen MR) is 197 cm³/mol. The molecule has 17 heteroatoms. The van der Waals surface area contributed by atoms with E-state index in [-0.39, 0.29) is 135 Å². The van der Waals surface area contributed by atoms with Crippen LogP contribution in [0.4, 0.5) is 0 Å². The largest absolute Gasteiger partial charge is 0.463 e. The molecule has 1 N–H and O–H groups in total. The average Bonchev–Trinajstić information content (AvgIpc) is 3.12. The molecule has 0 rings (SSSR count). The highest BCUT2D eigenvalue weighted by atomic mass is 16.6. The normalized spacial score (nSPS) is 12.2. The Labute approximate surface area is 323 Å². The molecule has 0 bridgehead atoms. The van der Waals surface area contributed by atoms with Gasteiger partial charge in [-0.1, -0.05) is 26.3 Å². The summed E-state index contributed by atoms with van der Waals surface area (Å²) in [6.07, 6.45) is 0. The first kappa shape index (κ1) is 51.0. The van der Waals surface area contributed by atoms with Crippen LogP contribution in [-0.2, 0) is 76.1 Å². The van der Waals surface area contributed by atoms with Crippen molar-refractivity contribution in [1.29, 1.82) is 0 Å². The Morgan fingerprint density at radius 3 is 0.873 bits per heavy atom. The summed E-state index contributed by atoms with van der Waals surface area (Å²) in [5, 5.41) is 10.6. The van der Waals surface area contributed by atoms with Gasteiger partial charge in [0.25, 0.3) is 0 Å². The standard InChI is InChI=1S/C38H60O17/c1-28(2)33(41)52-16-11-46-22-37(20-39,21-45-10-15-51-32(9)40)23-50-27-38(24-47-12-17-53-34(42)29(3)4,25-48-13-18-54-35(43)30(5)6)26-49-14-19-55-36(44)31(7)8/h39H,1,3,5,7,10-27H2,2,4,6,8-9H3. The van der Waals surface area contributed by atoms with Gasteiger partial charge in [0.15, 0.2) is 0 Å². The molecule has 314 valence electrons. The second-order valence-corrected chi connectivity index (χ2v) is 12.9. The van der Waals surface area contributed by atoms with Gasteiger partial charge in [-0.25, -0.2) is 19.2 Å². The van der Waals surface area contributed by atoms with Crippen molar-refractivity contribution in [3.8, 4) is 0 Å². The van der Waals surface area contributed by atoms with Gasteiger partial charge < -0.3 is 57.2 Å². The molecule has 0 aromatic carbocycles. The van der Waals surface area contributed by atoms with Gasteiger partial charge in [0.05, 0.1) is 96.7 Å². The van der Waals surface area contributed by atoms with Gasteiger partial charge in [-0.05, 0) is 27.7 Å². The fraction of sp³-hybridized carbons (Fsp3) is 0.658. The van der Waals surface area contributed by atoms with Crippen molar-refractivity contribution in [2.24, 2.45) is 10.8 Å². The maximum atomic E-state index is 11.9. The van der Waals surface area contributed by atoms with E-state index in [1.54, 1.807) is 0 Å². The second-order valence-electron chi connectivity index (χ2n) is 12.9. The van der Waals surface area contributed by atoms with E-state index >= 15 is 0 Å². The molecule has 1 unspecified atom stereocenters. The van der Waals surface area contributed by atoms with Crippen LogP contribution < -0.4 is 0 Å². The molecule has 0 saturated carbocycles. The number of hydrogen-bond acceptors (Lipinski definition) is 17. The highest BCUT2D eigenvalue weighted by molar-refractivity contribution is 5.88. The van der Waals surface area contributed by atoms with Gasteiger partial charge in [0, 0.05) is 29.2 Å². The van der Waals surface area contributed by atoms with Crippen molar-refractivity contribution in [2.75, 3.05) is 119 Å². The van der Waals surface area contributed by atoms with Crippen molar-refractivity contribution in [3.05, 3.63) is 48.6 Å². The van der Waals surface area contributed by atoms with Crippen LogP contribution in [0.15, 0.2) is 48.6 Å². The van der Waals surface area contributed by atoms with Gasteiger partial charge >= 0.3 is 29.8 Å². The molecule has 0 saturated heterocycles. The molecule has 17 nitrogen and oxygen atoms in total. The summed E-state index contributed by atoms with van der Waals surface area (Å²) in [6, 6.07) is 0. The van der Waals surface area contributed by atoms with E-state index in [2.05, 4.69) is 26.3 Å². The van der Waals surface area contributed by atoms with Crippen molar-refractivity contribution in [2.45, 2.75) is 34.6 Å². The Morgan fingerprint density at radius 2 is 0.618 bits per heavy atom. The van der Waals surface area contributed by atoms with E-state index in [4.69, 9.17) is 52.1 Å². The fourth-order valence-electron chi connectivity index (χ4n) is 3.95. The lowest BCUT2D eigenvalue weighted by atomic mass is 9.90. The number of carbonyl (C=O) groups is 5. The lowest BCUT2D eigenvalue weighted by Gasteiger charge is -2.36. The second kappa shape index (κ2) is 29.3. The zero-order chi connectivity index (χ0) is 41.7. The van der Waals surface area contributed by atoms with E-state index in [1.807, 2.05) is 0 Å². The first-order valence-corrected chi connectivity index (χ1v) is 17.5. The molecule has 0 aliphatic rings. The highest BCUT2D eigenvalue weighted by Gasteiger charge is 2.36. The van der Waals surface area contributed by atoms with Crippen LogP contribution >= 0.6 is 0 Å². The number of esters is 5. The summed E-state index contributed by atoms with van der Waals surface area (Å²) in [5.41, 5.74) is -1.30. The molecule has 0 radical (unpaired) electrons. The molecule has 0 aliphatic heterocycles. The van der Waals surface area contributed by atoms with Crippen LogP contribution in [-0.4, -0.2) is 154 Å². The fourth-order valence-corrected chi connectivity index (χ4v) is 3.95. The minimum atomic E-state index is -1.15. The third kappa shape index (κ3) is 24.9. The number of hydrogen-bond donors (Lipinski definition) is 1. The van der Waals surface area contributed by atoms with Gasteiger partial charge in [-0.15, -0.1) is 0 Å². The van der Waals surface area contributed by atoms with Gasteiger partial charge in [0.1, 0.15) is 33.0 Å². The molecule has 0 aliphatic carbocycles. The number of ether oxygens (including phenoxy) is 11. The van der Waals surface area contributed by atoms with Crippen LogP contribution in [0.25, 0.3) is 0 Å². The quantitative estimate of drug-likeness (QED) is 0.0429. The number of carbonyl (C=O) groups excluding carboxylic acids is 5. The number of aliphatic hydroxyl groups is 1. The summed E-state index contributed by atoms with van der Waals surface area (Å²) in [5.74, 6) is -2.79. The minimum Gasteiger partial charge on any atom is -0.463 e. The summed E-state index contributed by atoms with van der Waals surface area (Å²) in [7, 11) is 0. The number of aliphatic hydroxyl groups excluding tert-OH is 1. The summed E-state index contributed by atoms with van der Waals surface area (Å²) >= 11 is 0. The Hall–Kier alpha value is -3.97. The maximum absolute atomic E-state index is 11.9. The van der Waals surface area contributed by atoms with Crippen LogP contribution in [0.1, 0.15) is 34.6 Å². The Kier molecular flexibility index (Phi) is 27.2. The first-order valence-electron chi connectivity index (χ1n) is 17.5. The third-order valence-corrected chi connectivity index (χ3v) is 6.96. The summed E-state index contributed by atoms with van der Waals surface area (Å²) in [6.45, 7) is 20.2. The van der Waals surface area contributed by atoms with Crippen molar-refractivity contribution < 1.29 is 81.2 Å². The van der Waals surface area contributed by atoms with E-state index in [1.165, 1.54) is 34.6 Å². The molecule has 0 fully saturated rings. The molecule has 0 aromatic rings. The van der Waals surface area contributed by atoms with Gasteiger partial charge in [-0.2, -0.15) is 0 Å². The van der Waals surface area contributed by atoms with Crippen molar-refractivity contribution >= 4 is 29.8 Å². The van der Waals surface area contributed by atoms with E-state index in [9.17, 15) is 29.1 Å². The Morgan fingerprint density at radius 1 is 0.382 bits per heavy atom. The van der Waals surface area contributed by atoms with E-state index in [0.29, 0.717) is 0 Å². The zero-order valence-corrected chi connectivity index (χ0v) is 33.0. The zero-order valence-electron chi connectivity index (χ0n) is 33.0.